The molecule has 0 aliphatic rings. The molecule has 1 aromatic carbocycles. The summed E-state index contributed by atoms with van der Waals surface area (Å²) >= 11 is 0. The number of nitrogens with one attached hydrogen (secondary N) is 1. The van der Waals surface area contributed by atoms with E-state index in [0.717, 1.165) is 27.4 Å². The molecule has 0 unspecified atom stereocenters. The van der Waals surface area contributed by atoms with Crippen LogP contribution in [0.4, 0.5) is 0 Å². The number of nitrogens with zero attached hydrogens (tertiary/aromatic N) is 1. The molecule has 2 heteroatoms. The van der Waals surface area contributed by atoms with Crippen molar-refractivity contribution in [1.29, 1.82) is 0 Å². The Kier molecular flexibility index (Phi) is 5.03. The van der Waals surface area contributed by atoms with Gasteiger partial charge >= 0.3 is 0 Å². The van der Waals surface area contributed by atoms with Gasteiger partial charge in [0.05, 0.1) is 11.0 Å². The van der Waals surface area contributed by atoms with Gasteiger partial charge in [-0.2, -0.15) is 5.10 Å². The standard InChI is InChI=1S/C21H22N2/c1-6-8-18-19(9-7-2)22-23-20(18)17-12-10-16(11-13-17)14-15-21(3,4)5/h6-13,22H,1-2H2,3-5H3/b18-8+,19-9+. The van der Waals surface area contributed by atoms with Crippen LogP contribution < -0.4 is 10.6 Å². The topological polar surface area (TPSA) is 28.7 Å². The Morgan fingerprint density at radius 1 is 1.04 bits per heavy atom. The molecule has 2 nitrogen and oxygen atoms in total. The average molecular weight is 302 g/mol. The molecule has 0 atom stereocenters. The van der Waals surface area contributed by atoms with E-state index in [9.17, 15) is 0 Å². The minimum atomic E-state index is 0.00236. The largest absolute Gasteiger partial charge is 0.277 e. The molecule has 0 aliphatic carbocycles. The van der Waals surface area contributed by atoms with E-state index in [1.54, 1.807) is 12.2 Å². The van der Waals surface area contributed by atoms with Crippen molar-refractivity contribution in [2.45, 2.75) is 20.8 Å². The van der Waals surface area contributed by atoms with E-state index in [1.165, 1.54) is 0 Å². The molecule has 0 aliphatic heterocycles. The van der Waals surface area contributed by atoms with Crippen LogP contribution in [0.15, 0.2) is 49.6 Å². The molecule has 0 saturated carbocycles. The van der Waals surface area contributed by atoms with E-state index in [0.29, 0.717) is 0 Å². The number of hydrogen-bond acceptors (Lipinski definition) is 1. The summed E-state index contributed by atoms with van der Waals surface area (Å²) in [6.07, 6.45) is 7.34. The fourth-order valence-electron chi connectivity index (χ4n) is 2.09. The van der Waals surface area contributed by atoms with Crippen LogP contribution in [0.25, 0.3) is 23.4 Å². The van der Waals surface area contributed by atoms with Gasteiger partial charge in [-0.05, 0) is 39.0 Å². The number of H-pyrrole nitrogens is 1. The van der Waals surface area contributed by atoms with Gasteiger partial charge in [-0.25, -0.2) is 0 Å². The van der Waals surface area contributed by atoms with Crippen molar-refractivity contribution in [3.63, 3.8) is 0 Å². The maximum Gasteiger partial charge on any atom is 0.0999 e. The number of benzene rings is 1. The molecule has 2 rings (SSSR count). The van der Waals surface area contributed by atoms with Crippen LogP contribution in [-0.4, -0.2) is 10.2 Å². The molecule has 1 N–H and O–H groups in total. The maximum atomic E-state index is 4.42. The SMILES string of the molecule is C=C/C=c1/c(-c2ccc(C#CC(C)(C)C)cc2)n[nH]/c1=C/C=C. The third kappa shape index (κ3) is 4.34. The lowest BCUT2D eigenvalue weighted by Crippen LogP contribution is -2.23. The summed E-state index contributed by atoms with van der Waals surface area (Å²) in [6.45, 7) is 13.8. The zero-order chi connectivity index (χ0) is 16.9. The Labute approximate surface area is 138 Å². The molecular weight excluding hydrogens is 280 g/mol. The Hall–Kier alpha value is -2.79. The van der Waals surface area contributed by atoms with E-state index in [1.807, 2.05) is 36.4 Å². The molecule has 0 saturated heterocycles. The molecule has 1 heterocycles. The highest BCUT2D eigenvalue weighted by atomic mass is 15.1. The predicted octanol–water partition coefficient (Wildman–Crippen LogP) is 3.41. The van der Waals surface area contributed by atoms with Gasteiger partial charge in [0.15, 0.2) is 0 Å². The number of hydrogen-bond donors (Lipinski definition) is 1. The van der Waals surface area contributed by atoms with Crippen LogP contribution in [0.3, 0.4) is 0 Å². The Morgan fingerprint density at radius 3 is 2.26 bits per heavy atom. The monoisotopic (exact) mass is 302 g/mol. The molecule has 0 fully saturated rings. The average Bonchev–Trinajstić information content (AvgIpc) is 2.89. The zero-order valence-electron chi connectivity index (χ0n) is 14.0. The van der Waals surface area contributed by atoms with Gasteiger partial charge in [0.1, 0.15) is 0 Å². The molecular formula is C21H22N2. The molecule has 23 heavy (non-hydrogen) atoms. The zero-order valence-corrected chi connectivity index (χ0v) is 14.0. The second kappa shape index (κ2) is 6.98. The fourth-order valence-corrected chi connectivity index (χ4v) is 2.09. The van der Waals surface area contributed by atoms with Crippen molar-refractivity contribution in [3.05, 3.63) is 65.7 Å². The lowest BCUT2D eigenvalue weighted by Gasteiger charge is -2.06. The first-order chi connectivity index (χ1) is 10.9. The van der Waals surface area contributed by atoms with Crippen molar-refractivity contribution in [1.82, 2.24) is 10.2 Å². The van der Waals surface area contributed by atoms with E-state index in [2.05, 4.69) is 56.0 Å². The highest BCUT2D eigenvalue weighted by molar-refractivity contribution is 5.64. The summed E-state index contributed by atoms with van der Waals surface area (Å²) in [5, 5.41) is 9.38. The number of allylic oxidation sites excluding steroid dienone is 2. The maximum absolute atomic E-state index is 4.42. The number of rotatable bonds is 3. The predicted molar refractivity (Wildman–Crippen MR) is 98.9 cm³/mol. The smallest absolute Gasteiger partial charge is 0.0999 e. The van der Waals surface area contributed by atoms with Crippen molar-refractivity contribution in [3.8, 4) is 23.1 Å². The third-order valence-electron chi connectivity index (χ3n) is 3.14. The van der Waals surface area contributed by atoms with Gasteiger partial charge < -0.3 is 0 Å². The van der Waals surface area contributed by atoms with Crippen molar-refractivity contribution in [2.75, 3.05) is 0 Å². The summed E-state index contributed by atoms with van der Waals surface area (Å²) in [6, 6.07) is 8.14. The van der Waals surface area contributed by atoms with Crippen molar-refractivity contribution in [2.24, 2.45) is 5.41 Å². The van der Waals surface area contributed by atoms with Crippen LogP contribution in [-0.2, 0) is 0 Å². The van der Waals surface area contributed by atoms with Gasteiger partial charge in [-0.3, -0.25) is 5.10 Å². The molecule has 0 radical (unpaired) electrons. The van der Waals surface area contributed by atoms with Crippen LogP contribution >= 0.6 is 0 Å². The van der Waals surface area contributed by atoms with Crippen molar-refractivity contribution >= 4 is 12.2 Å². The molecule has 1 aromatic heterocycles. The second-order valence-electron chi connectivity index (χ2n) is 6.28. The van der Waals surface area contributed by atoms with Crippen LogP contribution in [0.5, 0.6) is 0 Å². The van der Waals surface area contributed by atoms with Crippen LogP contribution in [0.1, 0.15) is 26.3 Å². The molecule has 0 spiro atoms. The highest BCUT2D eigenvalue weighted by Crippen LogP contribution is 2.14. The number of aromatic amines is 1. The van der Waals surface area contributed by atoms with E-state index >= 15 is 0 Å². The normalized spacial score (nSPS) is 12.7. The molecule has 2 aromatic rings. The summed E-state index contributed by atoms with van der Waals surface area (Å²) in [5.74, 6) is 6.45. The summed E-state index contributed by atoms with van der Waals surface area (Å²) in [7, 11) is 0. The van der Waals surface area contributed by atoms with Gasteiger partial charge in [-0.1, -0.05) is 55.4 Å². The Balaban J connectivity index is 2.47. The van der Waals surface area contributed by atoms with E-state index in [4.69, 9.17) is 0 Å². The Bertz CT molecular complexity index is 877. The second-order valence-corrected chi connectivity index (χ2v) is 6.28. The summed E-state index contributed by atoms with van der Waals surface area (Å²) < 4.78 is 0. The molecule has 116 valence electrons. The molecule has 0 amide bonds. The third-order valence-corrected chi connectivity index (χ3v) is 3.14. The van der Waals surface area contributed by atoms with Gasteiger partial charge in [0, 0.05) is 21.8 Å². The lowest BCUT2D eigenvalue weighted by molar-refractivity contribution is 0.571. The van der Waals surface area contributed by atoms with Crippen molar-refractivity contribution < 1.29 is 0 Å². The highest BCUT2D eigenvalue weighted by Gasteiger charge is 2.05. The van der Waals surface area contributed by atoms with Gasteiger partial charge in [-0.15, -0.1) is 0 Å². The molecule has 0 bridgehead atoms. The number of aromatic nitrogens is 2. The summed E-state index contributed by atoms with van der Waals surface area (Å²) in [4.78, 5) is 0. The lowest BCUT2D eigenvalue weighted by atomic mass is 9.97. The minimum absolute atomic E-state index is 0.00236. The van der Waals surface area contributed by atoms with Crippen LogP contribution in [0.2, 0.25) is 0 Å². The van der Waals surface area contributed by atoms with Crippen LogP contribution in [0, 0.1) is 17.3 Å². The quantitative estimate of drug-likeness (QED) is 0.865. The first kappa shape index (κ1) is 16.6. The Morgan fingerprint density at radius 2 is 1.70 bits per heavy atom. The first-order valence-electron chi connectivity index (χ1n) is 7.58. The first-order valence-corrected chi connectivity index (χ1v) is 7.58. The van der Waals surface area contributed by atoms with Gasteiger partial charge in [0.2, 0.25) is 0 Å². The fraction of sp³-hybridized carbons (Fsp3) is 0.190. The minimum Gasteiger partial charge on any atom is -0.277 e. The van der Waals surface area contributed by atoms with E-state index in [-0.39, 0.29) is 5.41 Å². The van der Waals surface area contributed by atoms with Gasteiger partial charge in [0.25, 0.3) is 0 Å². The van der Waals surface area contributed by atoms with E-state index < -0.39 is 0 Å². The summed E-state index contributed by atoms with van der Waals surface area (Å²) in [5.41, 5.74) is 2.95.